The third-order valence-corrected chi connectivity index (χ3v) is 2.52. The lowest BCUT2D eigenvalue weighted by Crippen LogP contribution is -2.18. The summed E-state index contributed by atoms with van der Waals surface area (Å²) in [6.45, 7) is 2.18. The summed E-state index contributed by atoms with van der Waals surface area (Å²) in [5.74, 6) is 7.51. The standard InChI is InChI=1S/C9H15N5/c1-6(7-2-3-7)13-8-4-9(14-10)12-5-11-8/h4-7H,2-3,10H2,1H3,(H2,11,12,13,14). The Morgan fingerprint density at radius 3 is 2.79 bits per heavy atom. The fraction of sp³-hybridized carbons (Fsp3) is 0.556. The number of nitrogen functional groups attached to an aromatic ring is 1. The summed E-state index contributed by atoms with van der Waals surface area (Å²) >= 11 is 0. The second-order valence-corrected chi connectivity index (χ2v) is 3.70. The molecule has 1 heterocycles. The van der Waals surface area contributed by atoms with Gasteiger partial charge in [-0.25, -0.2) is 15.8 Å². The van der Waals surface area contributed by atoms with Gasteiger partial charge in [-0.05, 0) is 25.7 Å². The molecular weight excluding hydrogens is 178 g/mol. The maximum Gasteiger partial charge on any atom is 0.145 e. The van der Waals surface area contributed by atoms with Crippen LogP contribution >= 0.6 is 0 Å². The molecule has 0 bridgehead atoms. The van der Waals surface area contributed by atoms with E-state index in [0.717, 1.165) is 11.7 Å². The summed E-state index contributed by atoms with van der Waals surface area (Å²) in [6.07, 6.45) is 4.14. The highest BCUT2D eigenvalue weighted by Crippen LogP contribution is 2.33. The highest BCUT2D eigenvalue weighted by molar-refractivity contribution is 5.46. The largest absolute Gasteiger partial charge is 0.367 e. The Hall–Kier alpha value is -1.36. The van der Waals surface area contributed by atoms with Gasteiger partial charge >= 0.3 is 0 Å². The van der Waals surface area contributed by atoms with E-state index in [1.165, 1.54) is 19.2 Å². The fourth-order valence-corrected chi connectivity index (χ4v) is 1.46. The maximum absolute atomic E-state index is 5.25. The molecule has 0 aliphatic heterocycles. The molecular formula is C9H15N5. The lowest BCUT2D eigenvalue weighted by Gasteiger charge is -2.13. The molecule has 4 N–H and O–H groups in total. The molecule has 1 fully saturated rings. The van der Waals surface area contributed by atoms with Crippen molar-refractivity contribution in [3.63, 3.8) is 0 Å². The minimum absolute atomic E-state index is 0.482. The van der Waals surface area contributed by atoms with E-state index in [-0.39, 0.29) is 0 Å². The zero-order valence-electron chi connectivity index (χ0n) is 8.20. The molecule has 1 atom stereocenters. The van der Waals surface area contributed by atoms with Gasteiger partial charge in [0, 0.05) is 12.1 Å². The van der Waals surface area contributed by atoms with Crippen molar-refractivity contribution in [2.75, 3.05) is 10.7 Å². The lowest BCUT2D eigenvalue weighted by molar-refractivity contribution is 0.690. The number of hydrogen-bond acceptors (Lipinski definition) is 5. The van der Waals surface area contributed by atoms with Crippen LogP contribution in [0.3, 0.4) is 0 Å². The molecule has 1 aliphatic carbocycles. The van der Waals surface area contributed by atoms with E-state index in [1.807, 2.05) is 0 Å². The van der Waals surface area contributed by atoms with Crippen molar-refractivity contribution in [2.24, 2.45) is 11.8 Å². The first-order valence-electron chi connectivity index (χ1n) is 4.85. The first-order valence-corrected chi connectivity index (χ1v) is 4.85. The molecule has 1 aromatic rings. The molecule has 0 saturated heterocycles. The van der Waals surface area contributed by atoms with Gasteiger partial charge in [0.2, 0.25) is 0 Å². The average Bonchev–Trinajstić information content (AvgIpc) is 3.01. The number of rotatable bonds is 4. The van der Waals surface area contributed by atoms with Crippen LogP contribution < -0.4 is 16.6 Å². The van der Waals surface area contributed by atoms with Crippen molar-refractivity contribution in [1.29, 1.82) is 0 Å². The van der Waals surface area contributed by atoms with Crippen LogP contribution in [-0.4, -0.2) is 16.0 Å². The third kappa shape index (κ3) is 2.11. The maximum atomic E-state index is 5.25. The van der Waals surface area contributed by atoms with Crippen molar-refractivity contribution >= 4 is 11.6 Å². The quantitative estimate of drug-likeness (QED) is 0.490. The molecule has 0 amide bonds. The molecule has 1 aliphatic rings. The Morgan fingerprint density at radius 1 is 1.43 bits per heavy atom. The average molecular weight is 193 g/mol. The van der Waals surface area contributed by atoms with Crippen LogP contribution in [0.5, 0.6) is 0 Å². The van der Waals surface area contributed by atoms with Crippen LogP contribution in [-0.2, 0) is 0 Å². The monoisotopic (exact) mass is 193 g/mol. The van der Waals surface area contributed by atoms with Crippen molar-refractivity contribution in [1.82, 2.24) is 9.97 Å². The summed E-state index contributed by atoms with van der Waals surface area (Å²) in [6, 6.07) is 2.29. The number of aromatic nitrogens is 2. The summed E-state index contributed by atoms with van der Waals surface area (Å²) in [4.78, 5) is 8.06. The van der Waals surface area contributed by atoms with E-state index in [2.05, 4.69) is 27.6 Å². The van der Waals surface area contributed by atoms with Crippen molar-refractivity contribution < 1.29 is 0 Å². The van der Waals surface area contributed by atoms with Crippen LogP contribution in [0.25, 0.3) is 0 Å². The molecule has 5 heteroatoms. The van der Waals surface area contributed by atoms with Gasteiger partial charge in [0.1, 0.15) is 18.0 Å². The first-order chi connectivity index (χ1) is 6.79. The van der Waals surface area contributed by atoms with Gasteiger partial charge in [-0.1, -0.05) is 0 Å². The third-order valence-electron chi connectivity index (χ3n) is 2.52. The number of hydrazine groups is 1. The molecule has 2 rings (SSSR count). The molecule has 1 aromatic heterocycles. The highest BCUT2D eigenvalue weighted by atomic mass is 15.3. The zero-order chi connectivity index (χ0) is 9.97. The minimum Gasteiger partial charge on any atom is -0.367 e. The van der Waals surface area contributed by atoms with Gasteiger partial charge in [-0.3, -0.25) is 0 Å². The summed E-state index contributed by atoms with van der Waals surface area (Å²) < 4.78 is 0. The van der Waals surface area contributed by atoms with Crippen LogP contribution in [0, 0.1) is 5.92 Å². The van der Waals surface area contributed by atoms with Crippen LogP contribution in [0.2, 0.25) is 0 Å². The number of nitrogens with zero attached hydrogens (tertiary/aromatic N) is 2. The number of nitrogens with one attached hydrogen (secondary N) is 2. The van der Waals surface area contributed by atoms with Gasteiger partial charge in [-0.2, -0.15) is 0 Å². The Balaban J connectivity index is 2.00. The molecule has 0 radical (unpaired) electrons. The first kappa shape index (κ1) is 9.21. The van der Waals surface area contributed by atoms with E-state index in [1.54, 1.807) is 6.07 Å². The predicted molar refractivity (Wildman–Crippen MR) is 55.7 cm³/mol. The zero-order valence-corrected chi connectivity index (χ0v) is 8.20. The SMILES string of the molecule is CC(Nc1cc(NN)ncn1)C1CC1. The van der Waals surface area contributed by atoms with Gasteiger partial charge in [0.25, 0.3) is 0 Å². The molecule has 1 unspecified atom stereocenters. The molecule has 0 spiro atoms. The second kappa shape index (κ2) is 3.79. The van der Waals surface area contributed by atoms with Gasteiger partial charge in [0.15, 0.2) is 0 Å². The Morgan fingerprint density at radius 2 is 2.14 bits per heavy atom. The Bertz CT molecular complexity index is 310. The number of anilines is 2. The molecule has 76 valence electrons. The normalized spacial score (nSPS) is 17.6. The van der Waals surface area contributed by atoms with Crippen LogP contribution in [0.15, 0.2) is 12.4 Å². The summed E-state index contributed by atoms with van der Waals surface area (Å²) in [7, 11) is 0. The summed E-state index contributed by atoms with van der Waals surface area (Å²) in [5.41, 5.74) is 2.49. The van der Waals surface area contributed by atoms with E-state index >= 15 is 0 Å². The number of nitrogens with two attached hydrogens (primary N) is 1. The van der Waals surface area contributed by atoms with Gasteiger partial charge in [0.05, 0.1) is 0 Å². The topological polar surface area (TPSA) is 75.9 Å². The van der Waals surface area contributed by atoms with E-state index in [0.29, 0.717) is 11.9 Å². The molecule has 0 aromatic carbocycles. The minimum atomic E-state index is 0.482. The van der Waals surface area contributed by atoms with E-state index in [9.17, 15) is 0 Å². The van der Waals surface area contributed by atoms with E-state index in [4.69, 9.17) is 5.84 Å². The molecule has 5 nitrogen and oxygen atoms in total. The molecule has 1 saturated carbocycles. The molecule has 14 heavy (non-hydrogen) atoms. The smallest absolute Gasteiger partial charge is 0.145 e. The van der Waals surface area contributed by atoms with Crippen molar-refractivity contribution in [2.45, 2.75) is 25.8 Å². The fourth-order valence-electron chi connectivity index (χ4n) is 1.46. The number of hydrogen-bond donors (Lipinski definition) is 3. The van der Waals surface area contributed by atoms with Gasteiger partial charge < -0.3 is 10.7 Å². The van der Waals surface area contributed by atoms with Crippen LogP contribution in [0.4, 0.5) is 11.6 Å². The second-order valence-electron chi connectivity index (χ2n) is 3.70. The Labute approximate surface area is 83.1 Å². The lowest BCUT2D eigenvalue weighted by atomic mass is 10.2. The Kier molecular flexibility index (Phi) is 2.49. The van der Waals surface area contributed by atoms with Crippen LogP contribution in [0.1, 0.15) is 19.8 Å². The van der Waals surface area contributed by atoms with E-state index < -0.39 is 0 Å². The van der Waals surface area contributed by atoms with Gasteiger partial charge in [-0.15, -0.1) is 0 Å². The highest BCUT2D eigenvalue weighted by Gasteiger charge is 2.27. The predicted octanol–water partition coefficient (Wildman–Crippen LogP) is 0.973. The van der Waals surface area contributed by atoms with Crippen molar-refractivity contribution in [3.8, 4) is 0 Å². The van der Waals surface area contributed by atoms with Crippen molar-refractivity contribution in [3.05, 3.63) is 12.4 Å². The summed E-state index contributed by atoms with van der Waals surface area (Å²) in [5, 5.41) is 3.33.